The molecule has 1 aliphatic heterocycles. The fourth-order valence-corrected chi connectivity index (χ4v) is 6.18. The first-order valence-electron chi connectivity index (χ1n) is 9.58. The summed E-state index contributed by atoms with van der Waals surface area (Å²) in [5.41, 5.74) is 0.437. The first-order chi connectivity index (χ1) is 16.5. The van der Waals surface area contributed by atoms with Gasteiger partial charge in [0.25, 0.3) is 23.4 Å². The van der Waals surface area contributed by atoms with Gasteiger partial charge in [-0.05, 0) is 87.5 Å². The van der Waals surface area contributed by atoms with Gasteiger partial charge in [-0.3, -0.25) is 24.5 Å². The van der Waals surface area contributed by atoms with Crippen LogP contribution in [0, 0.1) is 10.1 Å². The molecule has 0 unspecified atom stereocenters. The van der Waals surface area contributed by atoms with Gasteiger partial charge in [0.2, 0.25) is 0 Å². The predicted octanol–water partition coefficient (Wildman–Crippen LogP) is 7.26. The Hall–Kier alpha value is -1.93. The summed E-state index contributed by atoms with van der Waals surface area (Å²) in [5.74, 6) is -2.19. The number of benzene rings is 3. The van der Waals surface area contributed by atoms with Crippen molar-refractivity contribution in [1.82, 2.24) is 10.0 Å². The van der Waals surface area contributed by atoms with Crippen LogP contribution in [0.4, 0.5) is 5.69 Å². The van der Waals surface area contributed by atoms with Gasteiger partial charge in [0.1, 0.15) is 0 Å². The van der Waals surface area contributed by atoms with Crippen LogP contribution in [0.2, 0.25) is 0 Å². The molecule has 1 heterocycles. The molecule has 0 N–H and O–H groups in total. The van der Waals surface area contributed by atoms with Gasteiger partial charge in [0, 0.05) is 40.1 Å². The minimum atomic E-state index is -0.753. The Labute approximate surface area is 240 Å². The second-order valence-electron chi connectivity index (χ2n) is 7.22. The Morgan fingerprint density at radius 1 is 0.857 bits per heavy atom. The van der Waals surface area contributed by atoms with E-state index < -0.39 is 22.6 Å². The van der Waals surface area contributed by atoms with E-state index in [9.17, 15) is 24.5 Å². The molecule has 0 saturated heterocycles. The highest BCUT2D eigenvalue weighted by Gasteiger charge is 2.45. The summed E-state index contributed by atoms with van der Waals surface area (Å²) in [6, 6.07) is 12.1. The molecule has 3 amide bonds. The number of non-ortho nitro benzene ring substituents is 1. The number of carbonyl (C=O) groups is 3. The van der Waals surface area contributed by atoms with Crippen molar-refractivity contribution in [2.75, 3.05) is 0 Å². The third kappa shape index (κ3) is 4.76. The summed E-state index contributed by atoms with van der Waals surface area (Å²) in [7, 11) is 0. The third-order valence-corrected chi connectivity index (χ3v) is 10.4. The number of halogens is 5. The SMILES string of the molecule is O=C(c1cccc([N+](=O)[O-])c1)N(Cc1ccc(Br)cc1)N1C(=O)c2c(Br)c(Br)c(Br)c(Br)c2C1=O. The highest BCUT2D eigenvalue weighted by molar-refractivity contribution is 9.15. The average Bonchev–Trinajstić information content (AvgIpc) is 3.10. The first-order valence-corrected chi connectivity index (χ1v) is 13.5. The van der Waals surface area contributed by atoms with Crippen LogP contribution >= 0.6 is 79.6 Å². The molecule has 0 aromatic heterocycles. The zero-order chi connectivity index (χ0) is 25.6. The van der Waals surface area contributed by atoms with Crippen molar-refractivity contribution in [3.8, 4) is 0 Å². The fourth-order valence-electron chi connectivity index (χ4n) is 3.45. The highest BCUT2D eigenvalue weighted by Crippen LogP contribution is 2.45. The molecule has 0 bridgehead atoms. The maximum atomic E-state index is 13.6. The standard InChI is InChI=1S/C22H10Br5N3O5/c23-12-6-4-10(5-7-12)9-28(20(31)11-2-1-3-13(8-11)30(34)35)29-21(32)14-15(22(29)33)17(25)19(27)18(26)16(14)24/h1-8H,9H2. The molecule has 0 aliphatic carbocycles. The molecule has 0 fully saturated rings. The van der Waals surface area contributed by atoms with Gasteiger partial charge in [0.15, 0.2) is 0 Å². The molecule has 0 radical (unpaired) electrons. The Bertz CT molecular complexity index is 1380. The lowest BCUT2D eigenvalue weighted by atomic mass is 10.1. The lowest BCUT2D eigenvalue weighted by molar-refractivity contribution is -0.384. The third-order valence-electron chi connectivity index (χ3n) is 5.10. The van der Waals surface area contributed by atoms with Crippen LogP contribution in [0.3, 0.4) is 0 Å². The van der Waals surface area contributed by atoms with Crippen molar-refractivity contribution in [3.63, 3.8) is 0 Å². The number of hydrogen-bond donors (Lipinski definition) is 0. The van der Waals surface area contributed by atoms with Gasteiger partial charge in [-0.2, -0.15) is 5.01 Å². The van der Waals surface area contributed by atoms with Crippen molar-refractivity contribution in [1.29, 1.82) is 0 Å². The number of nitrogens with zero attached hydrogens (tertiary/aromatic N) is 3. The number of hydrogen-bond acceptors (Lipinski definition) is 5. The summed E-state index contributed by atoms with van der Waals surface area (Å²) >= 11 is 16.8. The Kier molecular flexibility index (Phi) is 7.62. The van der Waals surface area contributed by atoms with Crippen molar-refractivity contribution in [2.24, 2.45) is 0 Å². The summed E-state index contributed by atoms with van der Waals surface area (Å²) in [4.78, 5) is 51.4. The van der Waals surface area contributed by atoms with E-state index in [4.69, 9.17) is 0 Å². The molecule has 3 aromatic carbocycles. The quantitative estimate of drug-likeness (QED) is 0.0891. The fraction of sp³-hybridized carbons (Fsp3) is 0.0455. The number of imide groups is 1. The molecule has 8 nitrogen and oxygen atoms in total. The van der Waals surface area contributed by atoms with Crippen molar-refractivity contribution in [3.05, 3.63) is 103 Å². The maximum absolute atomic E-state index is 13.6. The van der Waals surface area contributed by atoms with E-state index in [0.717, 1.165) is 20.6 Å². The van der Waals surface area contributed by atoms with E-state index in [-0.39, 0.29) is 28.9 Å². The van der Waals surface area contributed by atoms with E-state index in [1.807, 2.05) is 0 Å². The molecule has 178 valence electrons. The lowest BCUT2D eigenvalue weighted by Gasteiger charge is -2.30. The van der Waals surface area contributed by atoms with Gasteiger partial charge < -0.3 is 0 Å². The molecular formula is C22H10Br5N3O5. The predicted molar refractivity (Wildman–Crippen MR) is 145 cm³/mol. The van der Waals surface area contributed by atoms with Crippen LogP contribution in [0.25, 0.3) is 0 Å². The number of carbonyl (C=O) groups excluding carboxylic acids is 3. The van der Waals surface area contributed by atoms with Gasteiger partial charge in [0.05, 0.1) is 22.6 Å². The molecular weight excluding hydrogens is 786 g/mol. The van der Waals surface area contributed by atoms with E-state index in [1.165, 1.54) is 18.2 Å². The molecule has 0 saturated carbocycles. The monoisotopic (exact) mass is 791 g/mol. The van der Waals surface area contributed by atoms with Crippen molar-refractivity contribution >= 4 is 103 Å². The van der Waals surface area contributed by atoms with E-state index in [2.05, 4.69) is 79.6 Å². The molecule has 3 aromatic rings. The van der Waals surface area contributed by atoms with Crippen LogP contribution in [-0.4, -0.2) is 32.7 Å². The van der Waals surface area contributed by atoms with Crippen LogP contribution in [0.1, 0.15) is 36.6 Å². The largest absolute Gasteiger partial charge is 0.282 e. The smallest absolute Gasteiger partial charge is 0.267 e. The summed E-state index contributed by atoms with van der Waals surface area (Å²) < 4.78 is 2.51. The first kappa shape index (κ1) is 26.1. The zero-order valence-electron chi connectivity index (χ0n) is 17.1. The Balaban J connectivity index is 1.85. The Morgan fingerprint density at radius 3 is 1.91 bits per heavy atom. The van der Waals surface area contributed by atoms with Gasteiger partial charge in [-0.25, -0.2) is 5.01 Å². The van der Waals surface area contributed by atoms with Crippen LogP contribution < -0.4 is 0 Å². The van der Waals surface area contributed by atoms with E-state index in [1.54, 1.807) is 24.3 Å². The topological polar surface area (TPSA) is 101 Å². The normalized spacial score (nSPS) is 12.7. The van der Waals surface area contributed by atoms with E-state index in [0.29, 0.717) is 23.5 Å². The number of hydrazine groups is 1. The number of fused-ring (bicyclic) bond motifs is 1. The summed E-state index contributed by atoms with van der Waals surface area (Å²) in [6.45, 7) is -0.141. The van der Waals surface area contributed by atoms with Crippen molar-refractivity contribution in [2.45, 2.75) is 6.54 Å². The van der Waals surface area contributed by atoms with Gasteiger partial charge in [-0.15, -0.1) is 0 Å². The van der Waals surface area contributed by atoms with Gasteiger partial charge >= 0.3 is 0 Å². The molecule has 4 rings (SSSR count). The van der Waals surface area contributed by atoms with Crippen LogP contribution in [0.15, 0.2) is 70.9 Å². The number of rotatable bonds is 5. The number of nitro groups is 1. The zero-order valence-corrected chi connectivity index (χ0v) is 25.0. The number of amides is 3. The minimum absolute atomic E-state index is 0.0478. The lowest BCUT2D eigenvalue weighted by Crippen LogP contribution is -2.49. The molecule has 0 spiro atoms. The van der Waals surface area contributed by atoms with Crippen LogP contribution in [0.5, 0.6) is 0 Å². The van der Waals surface area contributed by atoms with Crippen LogP contribution in [-0.2, 0) is 6.54 Å². The van der Waals surface area contributed by atoms with Gasteiger partial charge in [-0.1, -0.05) is 34.1 Å². The Morgan fingerprint density at radius 2 is 1.40 bits per heavy atom. The van der Waals surface area contributed by atoms with E-state index >= 15 is 0 Å². The molecule has 1 aliphatic rings. The molecule has 13 heteroatoms. The second-order valence-corrected chi connectivity index (χ2v) is 11.3. The van der Waals surface area contributed by atoms with Crippen molar-refractivity contribution < 1.29 is 19.3 Å². The maximum Gasteiger partial charge on any atom is 0.282 e. The molecule has 35 heavy (non-hydrogen) atoms. The summed E-state index contributed by atoms with van der Waals surface area (Å²) in [5, 5.41) is 13.0. The summed E-state index contributed by atoms with van der Waals surface area (Å²) in [6.07, 6.45) is 0. The average molecular weight is 796 g/mol. The highest BCUT2D eigenvalue weighted by atomic mass is 79.9. The minimum Gasteiger partial charge on any atom is -0.267 e. The molecule has 0 atom stereocenters. The second kappa shape index (κ2) is 10.2. The number of nitro benzene ring substituents is 1.